The highest BCUT2D eigenvalue weighted by atomic mass is 16.5. The third-order valence-electron chi connectivity index (χ3n) is 6.43. The number of benzene rings is 2. The first kappa shape index (κ1) is 23.7. The summed E-state index contributed by atoms with van der Waals surface area (Å²) in [6.45, 7) is 4.53. The van der Waals surface area contributed by atoms with E-state index in [2.05, 4.69) is 31.0 Å². The van der Waals surface area contributed by atoms with Crippen molar-refractivity contribution in [2.24, 2.45) is 5.92 Å². The van der Waals surface area contributed by atoms with Crippen molar-refractivity contribution in [1.82, 2.24) is 9.80 Å². The van der Waals surface area contributed by atoms with Gasteiger partial charge in [-0.1, -0.05) is 50.0 Å². The summed E-state index contributed by atoms with van der Waals surface area (Å²) in [6.07, 6.45) is 0.850. The Morgan fingerprint density at radius 2 is 1.94 bits per heavy atom. The second-order valence-electron chi connectivity index (χ2n) is 9.18. The smallest absolute Gasteiger partial charge is 0.322 e. The Morgan fingerprint density at radius 3 is 2.62 bits per heavy atom. The number of para-hydroxylation sites is 2. The Hall–Kier alpha value is -3.50. The number of piperazine rings is 1. The van der Waals surface area contributed by atoms with Crippen LogP contribution in [0.2, 0.25) is 0 Å². The molecule has 2 heterocycles. The summed E-state index contributed by atoms with van der Waals surface area (Å²) < 4.78 is 5.31. The van der Waals surface area contributed by atoms with Gasteiger partial charge in [-0.2, -0.15) is 0 Å². The van der Waals surface area contributed by atoms with Gasteiger partial charge in [-0.05, 0) is 35.7 Å². The number of aliphatic hydroxyl groups is 1. The van der Waals surface area contributed by atoms with E-state index in [1.54, 1.807) is 24.1 Å². The molecule has 4 rings (SSSR count). The first-order chi connectivity index (χ1) is 16.4. The van der Waals surface area contributed by atoms with E-state index in [0.29, 0.717) is 23.9 Å². The predicted molar refractivity (Wildman–Crippen MR) is 131 cm³/mol. The number of ether oxygens (including phenoxy) is 1. The molecule has 0 radical (unpaired) electrons. The minimum atomic E-state index is -0.348. The van der Waals surface area contributed by atoms with E-state index in [4.69, 9.17) is 4.74 Å². The van der Waals surface area contributed by atoms with E-state index in [-0.39, 0.29) is 43.1 Å². The molecule has 2 aromatic rings. The number of urea groups is 1. The molecular formula is C27H31N3O4. The number of anilines is 1. The van der Waals surface area contributed by atoms with Gasteiger partial charge in [0.2, 0.25) is 5.91 Å². The molecule has 2 aliphatic rings. The van der Waals surface area contributed by atoms with E-state index < -0.39 is 0 Å². The van der Waals surface area contributed by atoms with Gasteiger partial charge < -0.3 is 25.0 Å². The van der Waals surface area contributed by atoms with Crippen molar-refractivity contribution < 1.29 is 19.4 Å². The number of nitrogens with zero attached hydrogens (tertiary/aromatic N) is 2. The lowest BCUT2D eigenvalue weighted by molar-refractivity contribution is -0.159. The molecule has 2 N–H and O–H groups in total. The molecule has 0 spiro atoms. The lowest BCUT2D eigenvalue weighted by Crippen LogP contribution is -2.73. The summed E-state index contributed by atoms with van der Waals surface area (Å²) >= 11 is 0. The van der Waals surface area contributed by atoms with Crippen LogP contribution in [0.3, 0.4) is 0 Å². The highest BCUT2D eigenvalue weighted by molar-refractivity contribution is 5.94. The van der Waals surface area contributed by atoms with E-state index in [9.17, 15) is 14.7 Å². The Kier molecular flexibility index (Phi) is 7.09. The van der Waals surface area contributed by atoms with Crippen LogP contribution in [-0.2, 0) is 4.79 Å². The fraction of sp³-hybridized carbons (Fsp3) is 0.407. The fourth-order valence-electron chi connectivity index (χ4n) is 4.74. The van der Waals surface area contributed by atoms with Crippen molar-refractivity contribution in [3.63, 3.8) is 0 Å². The molecule has 2 saturated heterocycles. The van der Waals surface area contributed by atoms with Crippen LogP contribution in [0.5, 0.6) is 5.75 Å². The van der Waals surface area contributed by atoms with Crippen LogP contribution in [-0.4, -0.2) is 65.7 Å². The summed E-state index contributed by atoms with van der Waals surface area (Å²) in [5.74, 6) is 7.26. The third-order valence-corrected chi connectivity index (χ3v) is 6.43. The fourth-order valence-corrected chi connectivity index (χ4v) is 4.74. The number of nitrogens with one attached hydrogen (secondary N) is 1. The number of hydrogen-bond donors (Lipinski definition) is 2. The van der Waals surface area contributed by atoms with Gasteiger partial charge >= 0.3 is 6.03 Å². The first-order valence-corrected chi connectivity index (χ1v) is 11.6. The topological polar surface area (TPSA) is 82.1 Å². The Balaban J connectivity index is 1.49. The van der Waals surface area contributed by atoms with Crippen LogP contribution in [0.1, 0.15) is 37.3 Å². The molecule has 34 heavy (non-hydrogen) atoms. The summed E-state index contributed by atoms with van der Waals surface area (Å²) in [4.78, 5) is 29.1. The minimum Gasteiger partial charge on any atom is -0.495 e. The first-order valence-electron chi connectivity index (χ1n) is 11.6. The molecule has 0 aliphatic carbocycles. The molecule has 7 heteroatoms. The maximum Gasteiger partial charge on any atom is 0.322 e. The molecule has 0 bridgehead atoms. The highest BCUT2D eigenvalue weighted by Gasteiger charge is 2.54. The number of aliphatic hydroxyl groups excluding tert-OH is 1. The average molecular weight is 462 g/mol. The summed E-state index contributed by atoms with van der Waals surface area (Å²) in [6, 6.07) is 14.3. The molecule has 2 aromatic carbocycles. The number of carbonyl (C=O) groups excluding carboxylic acids is 2. The quantitative estimate of drug-likeness (QED) is 0.670. The number of hydrogen-bond acceptors (Lipinski definition) is 4. The summed E-state index contributed by atoms with van der Waals surface area (Å²) in [5.41, 5.74) is 2.53. The standard InChI is InChI=1S/C27H31N3O4/c1-18(2)7-6-8-19-11-13-20(14-12-19)26-22-15-29(16-25(32)30(22)23(26)17-31)27(33)28-21-9-4-5-10-24(21)34-3/h4-5,9-14,18,22-23,26,31H,7,15-17H2,1-3H3,(H,28,33)/t22-,23-,26-/m0/s1. The normalized spacial score (nSPS) is 21.3. The predicted octanol–water partition coefficient (Wildman–Crippen LogP) is 3.30. The SMILES string of the molecule is COc1ccccc1NC(=O)N1CC(=O)N2[C@@H](CO)[C@@H](c3ccc(C#CCC(C)C)cc3)[C@@H]2C1. The van der Waals surface area contributed by atoms with Crippen LogP contribution in [0, 0.1) is 17.8 Å². The van der Waals surface area contributed by atoms with Crippen LogP contribution >= 0.6 is 0 Å². The summed E-state index contributed by atoms with van der Waals surface area (Å²) in [5, 5.41) is 12.9. The summed E-state index contributed by atoms with van der Waals surface area (Å²) in [7, 11) is 1.54. The number of amides is 3. The highest BCUT2D eigenvalue weighted by Crippen LogP contribution is 2.43. The van der Waals surface area contributed by atoms with Crippen molar-refractivity contribution in [1.29, 1.82) is 0 Å². The van der Waals surface area contributed by atoms with Crippen LogP contribution < -0.4 is 10.1 Å². The van der Waals surface area contributed by atoms with Crippen LogP contribution in [0.15, 0.2) is 48.5 Å². The Bertz CT molecular complexity index is 1100. The van der Waals surface area contributed by atoms with E-state index >= 15 is 0 Å². The molecule has 2 aliphatic heterocycles. The number of fused-ring (bicyclic) bond motifs is 1. The molecular weight excluding hydrogens is 430 g/mol. The number of rotatable bonds is 5. The zero-order valence-corrected chi connectivity index (χ0v) is 19.8. The lowest BCUT2D eigenvalue weighted by atomic mass is 9.73. The maximum absolute atomic E-state index is 13.0. The van der Waals surface area contributed by atoms with Crippen molar-refractivity contribution in [2.45, 2.75) is 38.3 Å². The van der Waals surface area contributed by atoms with Gasteiger partial charge in [-0.3, -0.25) is 4.79 Å². The van der Waals surface area contributed by atoms with Crippen molar-refractivity contribution in [3.05, 3.63) is 59.7 Å². The zero-order chi connectivity index (χ0) is 24.2. The molecule has 7 nitrogen and oxygen atoms in total. The van der Waals surface area contributed by atoms with Crippen molar-refractivity contribution >= 4 is 17.6 Å². The lowest BCUT2D eigenvalue weighted by Gasteiger charge is -2.58. The van der Waals surface area contributed by atoms with Crippen molar-refractivity contribution in [2.75, 3.05) is 32.1 Å². The molecule has 0 saturated carbocycles. The third kappa shape index (κ3) is 4.73. The molecule has 0 aromatic heterocycles. The number of carbonyl (C=O) groups is 2. The van der Waals surface area contributed by atoms with Gasteiger partial charge in [-0.25, -0.2) is 4.79 Å². The van der Waals surface area contributed by atoms with Gasteiger partial charge in [0.25, 0.3) is 0 Å². The second kappa shape index (κ2) is 10.2. The molecule has 0 unspecified atom stereocenters. The van der Waals surface area contributed by atoms with Gasteiger partial charge in [0.05, 0.1) is 31.5 Å². The second-order valence-corrected chi connectivity index (χ2v) is 9.18. The number of methoxy groups -OCH3 is 1. The van der Waals surface area contributed by atoms with Crippen molar-refractivity contribution in [3.8, 4) is 17.6 Å². The average Bonchev–Trinajstić information content (AvgIpc) is 2.81. The Morgan fingerprint density at radius 1 is 1.21 bits per heavy atom. The molecule has 3 amide bonds. The van der Waals surface area contributed by atoms with Gasteiger partial charge in [0.15, 0.2) is 0 Å². The Labute approximate surface area is 200 Å². The minimum absolute atomic E-state index is 0.0227. The monoisotopic (exact) mass is 461 g/mol. The molecule has 2 fully saturated rings. The van der Waals surface area contributed by atoms with Crippen LogP contribution in [0.4, 0.5) is 10.5 Å². The zero-order valence-electron chi connectivity index (χ0n) is 19.8. The van der Waals surface area contributed by atoms with Gasteiger partial charge in [-0.15, -0.1) is 0 Å². The molecule has 3 atom stereocenters. The van der Waals surface area contributed by atoms with Gasteiger partial charge in [0, 0.05) is 24.4 Å². The van der Waals surface area contributed by atoms with Crippen LogP contribution in [0.25, 0.3) is 0 Å². The molecule has 178 valence electrons. The maximum atomic E-state index is 13.0. The van der Waals surface area contributed by atoms with E-state index in [1.807, 2.05) is 36.4 Å². The van der Waals surface area contributed by atoms with E-state index in [1.165, 1.54) is 4.90 Å². The van der Waals surface area contributed by atoms with E-state index in [0.717, 1.165) is 17.5 Å². The largest absolute Gasteiger partial charge is 0.495 e. The van der Waals surface area contributed by atoms with Gasteiger partial charge in [0.1, 0.15) is 12.3 Å².